The van der Waals surface area contributed by atoms with Gasteiger partial charge in [0.05, 0.1) is 0 Å². The summed E-state index contributed by atoms with van der Waals surface area (Å²) >= 11 is 11.5. The second kappa shape index (κ2) is 17.5. The van der Waals surface area contributed by atoms with Gasteiger partial charge in [-0.15, -0.1) is 23.2 Å². The molecule has 0 aromatic rings. The van der Waals surface area contributed by atoms with Crippen LogP contribution in [-0.4, -0.2) is 4.84 Å². The number of rotatable bonds is 14. The van der Waals surface area contributed by atoms with Crippen LogP contribution in [0.5, 0.6) is 0 Å². The molecule has 0 saturated heterocycles. The Bertz CT molecular complexity index is 198. The van der Waals surface area contributed by atoms with E-state index in [-0.39, 0.29) is 21.9 Å². The molecular formula is C18H36Cl2Mn. The molecule has 0 fully saturated rings. The molecule has 3 heteroatoms. The average molecular weight is 378 g/mol. The van der Waals surface area contributed by atoms with Gasteiger partial charge in [0.25, 0.3) is 0 Å². The standard InChI is InChI=1S/C18H36Cl2.Mn/c1-4-5-6-8-11-16(2)12-9-7-10-13-17(3)14-15-18(19)20;/h16-18H,4-15H2,1-3H3;. The Kier molecular flexibility index (Phi) is 20.2. The summed E-state index contributed by atoms with van der Waals surface area (Å²) in [6, 6.07) is 0. The number of unbranched alkanes of at least 4 members (excludes halogenated alkanes) is 5. The van der Waals surface area contributed by atoms with Crippen molar-refractivity contribution in [2.75, 3.05) is 0 Å². The van der Waals surface area contributed by atoms with Gasteiger partial charge in [0.1, 0.15) is 4.84 Å². The zero-order valence-corrected chi connectivity index (χ0v) is 17.0. The van der Waals surface area contributed by atoms with Crippen LogP contribution in [0.4, 0.5) is 0 Å². The van der Waals surface area contributed by atoms with Crippen molar-refractivity contribution in [2.24, 2.45) is 11.8 Å². The third kappa shape index (κ3) is 19.1. The third-order valence-electron chi connectivity index (χ3n) is 4.32. The van der Waals surface area contributed by atoms with Gasteiger partial charge in [0, 0.05) is 17.1 Å². The van der Waals surface area contributed by atoms with Crippen molar-refractivity contribution in [3.05, 3.63) is 0 Å². The second-order valence-corrected chi connectivity index (χ2v) is 7.94. The quantitative estimate of drug-likeness (QED) is 0.165. The number of halogens is 2. The fourth-order valence-corrected chi connectivity index (χ4v) is 3.03. The molecule has 0 saturated carbocycles. The van der Waals surface area contributed by atoms with Gasteiger partial charge in [-0.25, -0.2) is 0 Å². The zero-order chi connectivity index (χ0) is 15.2. The maximum atomic E-state index is 5.77. The van der Waals surface area contributed by atoms with E-state index in [1.165, 1.54) is 70.6 Å². The molecular weight excluding hydrogens is 342 g/mol. The maximum absolute atomic E-state index is 5.77. The van der Waals surface area contributed by atoms with E-state index in [9.17, 15) is 0 Å². The van der Waals surface area contributed by atoms with Crippen LogP contribution < -0.4 is 0 Å². The largest absolute Gasteiger partial charge is 0.107 e. The molecule has 0 heterocycles. The van der Waals surface area contributed by atoms with Crippen LogP contribution in [0.2, 0.25) is 0 Å². The minimum Gasteiger partial charge on any atom is -0.105 e. The number of hydrogen-bond donors (Lipinski definition) is 0. The van der Waals surface area contributed by atoms with Crippen LogP contribution >= 0.6 is 23.2 Å². The summed E-state index contributed by atoms with van der Waals surface area (Å²) in [7, 11) is 0. The van der Waals surface area contributed by atoms with Crippen LogP contribution in [0.3, 0.4) is 0 Å². The molecule has 1 radical (unpaired) electrons. The van der Waals surface area contributed by atoms with E-state index in [0.29, 0.717) is 0 Å². The molecule has 0 aliphatic heterocycles. The molecule has 0 amide bonds. The van der Waals surface area contributed by atoms with E-state index < -0.39 is 0 Å². The predicted octanol–water partition coefficient (Wildman–Crippen LogP) is 7.76. The molecule has 0 rings (SSSR count). The summed E-state index contributed by atoms with van der Waals surface area (Å²) < 4.78 is 0. The maximum Gasteiger partial charge on any atom is 0.107 e. The Labute approximate surface area is 154 Å². The predicted molar refractivity (Wildman–Crippen MR) is 94.9 cm³/mol. The van der Waals surface area contributed by atoms with Crippen molar-refractivity contribution in [3.8, 4) is 0 Å². The van der Waals surface area contributed by atoms with Crippen LogP contribution in [0, 0.1) is 11.8 Å². The van der Waals surface area contributed by atoms with Crippen molar-refractivity contribution in [3.63, 3.8) is 0 Å². The first-order valence-corrected chi connectivity index (χ1v) is 9.71. The summed E-state index contributed by atoms with van der Waals surface area (Å²) in [6.45, 7) is 7.03. The summed E-state index contributed by atoms with van der Waals surface area (Å²) in [5.74, 6) is 1.71. The zero-order valence-electron chi connectivity index (χ0n) is 14.4. The molecule has 0 aromatic heterocycles. The van der Waals surface area contributed by atoms with E-state index in [0.717, 1.165) is 18.3 Å². The Hall–Kier alpha value is 1.10. The van der Waals surface area contributed by atoms with Gasteiger partial charge in [0.15, 0.2) is 0 Å². The molecule has 21 heavy (non-hydrogen) atoms. The minimum absolute atomic E-state index is 0. The van der Waals surface area contributed by atoms with E-state index in [4.69, 9.17) is 23.2 Å². The molecule has 129 valence electrons. The molecule has 0 aromatic carbocycles. The molecule has 0 spiro atoms. The molecule has 2 unspecified atom stereocenters. The summed E-state index contributed by atoms with van der Waals surface area (Å²) in [6.07, 6.45) is 16.1. The SMILES string of the molecule is CCCCCCC(C)CCCCCC(C)CCC(Cl)Cl.[Mn]. The molecule has 0 aliphatic rings. The molecule has 0 bridgehead atoms. The van der Waals surface area contributed by atoms with Crippen molar-refractivity contribution in [1.29, 1.82) is 0 Å². The van der Waals surface area contributed by atoms with Crippen molar-refractivity contribution < 1.29 is 17.1 Å². The average Bonchev–Trinajstić information content (AvgIpc) is 2.41. The van der Waals surface area contributed by atoms with E-state index in [1.807, 2.05) is 0 Å². The van der Waals surface area contributed by atoms with Crippen molar-refractivity contribution in [1.82, 2.24) is 0 Å². The van der Waals surface area contributed by atoms with Gasteiger partial charge in [-0.2, -0.15) is 0 Å². The van der Waals surface area contributed by atoms with Crippen molar-refractivity contribution in [2.45, 2.75) is 103 Å². The van der Waals surface area contributed by atoms with Crippen LogP contribution in [0.1, 0.15) is 97.8 Å². The summed E-state index contributed by atoms with van der Waals surface area (Å²) in [5.41, 5.74) is 0. The van der Waals surface area contributed by atoms with Gasteiger partial charge in [-0.3, -0.25) is 0 Å². The first-order valence-electron chi connectivity index (χ1n) is 8.84. The van der Waals surface area contributed by atoms with E-state index >= 15 is 0 Å². The first kappa shape index (κ1) is 24.4. The minimum atomic E-state index is -0.175. The molecule has 2 atom stereocenters. The molecule has 0 N–H and O–H groups in total. The molecule has 0 aliphatic carbocycles. The van der Waals surface area contributed by atoms with E-state index in [1.54, 1.807) is 0 Å². The number of alkyl halides is 2. The van der Waals surface area contributed by atoms with Gasteiger partial charge in [-0.05, 0) is 24.7 Å². The summed E-state index contributed by atoms with van der Waals surface area (Å²) in [4.78, 5) is -0.175. The second-order valence-electron chi connectivity index (χ2n) is 6.67. The Morgan fingerprint density at radius 2 is 1.05 bits per heavy atom. The Morgan fingerprint density at radius 3 is 1.48 bits per heavy atom. The van der Waals surface area contributed by atoms with Gasteiger partial charge >= 0.3 is 0 Å². The number of hydrogen-bond acceptors (Lipinski definition) is 0. The van der Waals surface area contributed by atoms with E-state index in [2.05, 4.69) is 20.8 Å². The third-order valence-corrected chi connectivity index (χ3v) is 4.76. The first-order chi connectivity index (χ1) is 9.56. The van der Waals surface area contributed by atoms with Gasteiger partial charge in [0.2, 0.25) is 0 Å². The van der Waals surface area contributed by atoms with Gasteiger partial charge in [-0.1, -0.05) is 85.0 Å². The van der Waals surface area contributed by atoms with Crippen LogP contribution in [0.25, 0.3) is 0 Å². The summed E-state index contributed by atoms with van der Waals surface area (Å²) in [5, 5.41) is 0. The Balaban J connectivity index is 0. The van der Waals surface area contributed by atoms with Crippen LogP contribution in [0.15, 0.2) is 0 Å². The monoisotopic (exact) mass is 377 g/mol. The fourth-order valence-electron chi connectivity index (χ4n) is 2.78. The molecule has 0 nitrogen and oxygen atoms in total. The van der Waals surface area contributed by atoms with Gasteiger partial charge < -0.3 is 0 Å². The normalized spacial score (nSPS) is 14.0. The Morgan fingerprint density at radius 1 is 0.619 bits per heavy atom. The van der Waals surface area contributed by atoms with Crippen molar-refractivity contribution >= 4 is 23.2 Å². The fraction of sp³-hybridized carbons (Fsp3) is 1.00. The smallest absolute Gasteiger partial charge is 0.105 e. The topological polar surface area (TPSA) is 0 Å². The van der Waals surface area contributed by atoms with Crippen LogP contribution in [-0.2, 0) is 17.1 Å².